The Morgan fingerprint density at radius 2 is 2.20 bits per heavy atom. The number of rotatable bonds is 4. The summed E-state index contributed by atoms with van der Waals surface area (Å²) in [4.78, 5) is 10.8. The first-order chi connectivity index (χ1) is 7.06. The third-order valence-corrected chi connectivity index (χ3v) is 2.15. The standard InChI is InChI=1S/C11H14O4/c1-3-15-10-6-8(4-5-9(10)12)7(2)11(13)14/h4-7,12H,3H2,1-2H3,(H,13,14). The molecule has 0 amide bonds. The fourth-order valence-electron chi connectivity index (χ4n) is 1.21. The molecule has 2 N–H and O–H groups in total. The van der Waals surface area contributed by atoms with Crippen molar-refractivity contribution in [1.29, 1.82) is 0 Å². The molecule has 1 aromatic carbocycles. The fourth-order valence-corrected chi connectivity index (χ4v) is 1.21. The average molecular weight is 210 g/mol. The summed E-state index contributed by atoms with van der Waals surface area (Å²) in [6.45, 7) is 3.82. The Balaban J connectivity index is 3.01. The topological polar surface area (TPSA) is 66.8 Å². The molecule has 0 fully saturated rings. The van der Waals surface area contributed by atoms with Crippen molar-refractivity contribution >= 4 is 5.97 Å². The third-order valence-electron chi connectivity index (χ3n) is 2.15. The lowest BCUT2D eigenvalue weighted by Gasteiger charge is -2.10. The zero-order valence-electron chi connectivity index (χ0n) is 8.73. The molecule has 0 saturated heterocycles. The van der Waals surface area contributed by atoms with Gasteiger partial charge >= 0.3 is 5.97 Å². The zero-order valence-corrected chi connectivity index (χ0v) is 8.73. The second-order valence-corrected chi connectivity index (χ2v) is 3.22. The maximum absolute atomic E-state index is 10.8. The van der Waals surface area contributed by atoms with Crippen LogP contribution in [0.15, 0.2) is 18.2 Å². The number of hydrogen-bond donors (Lipinski definition) is 2. The van der Waals surface area contributed by atoms with Crippen molar-refractivity contribution in [2.24, 2.45) is 0 Å². The molecule has 82 valence electrons. The number of hydrogen-bond acceptors (Lipinski definition) is 3. The lowest BCUT2D eigenvalue weighted by molar-refractivity contribution is -0.138. The van der Waals surface area contributed by atoms with Crippen LogP contribution in [0.3, 0.4) is 0 Å². The summed E-state index contributed by atoms with van der Waals surface area (Å²) in [5.41, 5.74) is 0.615. The highest BCUT2D eigenvalue weighted by Crippen LogP contribution is 2.29. The van der Waals surface area contributed by atoms with E-state index in [9.17, 15) is 9.90 Å². The molecule has 4 nitrogen and oxygen atoms in total. The lowest BCUT2D eigenvalue weighted by Crippen LogP contribution is -2.07. The van der Waals surface area contributed by atoms with Crippen molar-refractivity contribution in [3.8, 4) is 11.5 Å². The minimum Gasteiger partial charge on any atom is -0.504 e. The first-order valence-electron chi connectivity index (χ1n) is 4.74. The van der Waals surface area contributed by atoms with E-state index in [1.54, 1.807) is 26.0 Å². The number of aliphatic carboxylic acids is 1. The number of carboxylic acid groups (broad SMARTS) is 1. The van der Waals surface area contributed by atoms with Gasteiger partial charge in [0.1, 0.15) is 0 Å². The van der Waals surface area contributed by atoms with Gasteiger partial charge in [-0.05, 0) is 31.5 Å². The van der Waals surface area contributed by atoms with E-state index in [1.165, 1.54) is 6.07 Å². The highest BCUT2D eigenvalue weighted by Gasteiger charge is 2.15. The number of carboxylic acids is 1. The Hall–Kier alpha value is -1.71. The molecule has 15 heavy (non-hydrogen) atoms. The van der Waals surface area contributed by atoms with Gasteiger partial charge in [-0.15, -0.1) is 0 Å². The molecule has 0 radical (unpaired) electrons. The summed E-state index contributed by atoms with van der Waals surface area (Å²) < 4.78 is 5.16. The van der Waals surface area contributed by atoms with Crippen LogP contribution in [0.4, 0.5) is 0 Å². The van der Waals surface area contributed by atoms with E-state index < -0.39 is 11.9 Å². The summed E-state index contributed by atoms with van der Waals surface area (Å²) >= 11 is 0. The molecule has 4 heteroatoms. The van der Waals surface area contributed by atoms with Gasteiger partial charge in [-0.2, -0.15) is 0 Å². The minimum absolute atomic E-state index is 0.0261. The molecule has 0 spiro atoms. The van der Waals surface area contributed by atoms with Gasteiger partial charge in [0, 0.05) is 0 Å². The molecule has 0 aliphatic rings. The first kappa shape index (κ1) is 11.4. The monoisotopic (exact) mass is 210 g/mol. The van der Waals surface area contributed by atoms with Crippen LogP contribution in [0.2, 0.25) is 0 Å². The highest BCUT2D eigenvalue weighted by atomic mass is 16.5. The smallest absolute Gasteiger partial charge is 0.310 e. The van der Waals surface area contributed by atoms with Crippen molar-refractivity contribution in [3.05, 3.63) is 23.8 Å². The number of phenolic OH excluding ortho intramolecular Hbond substituents is 1. The largest absolute Gasteiger partial charge is 0.504 e. The van der Waals surface area contributed by atoms with E-state index >= 15 is 0 Å². The molecule has 1 unspecified atom stereocenters. The normalized spacial score (nSPS) is 12.1. The molecule has 0 heterocycles. The quantitative estimate of drug-likeness (QED) is 0.797. The van der Waals surface area contributed by atoms with Crippen LogP contribution in [0, 0.1) is 0 Å². The zero-order chi connectivity index (χ0) is 11.4. The van der Waals surface area contributed by atoms with Crippen molar-refractivity contribution in [2.75, 3.05) is 6.61 Å². The first-order valence-corrected chi connectivity index (χ1v) is 4.74. The Kier molecular flexibility index (Phi) is 3.55. The molecule has 1 aromatic rings. The van der Waals surface area contributed by atoms with Crippen LogP contribution in [0.1, 0.15) is 25.3 Å². The SMILES string of the molecule is CCOc1cc(C(C)C(=O)O)ccc1O. The molecule has 0 saturated carbocycles. The Morgan fingerprint density at radius 1 is 1.53 bits per heavy atom. The summed E-state index contributed by atoms with van der Waals surface area (Å²) in [5.74, 6) is -1.16. The van der Waals surface area contributed by atoms with Crippen LogP contribution in [-0.2, 0) is 4.79 Å². The van der Waals surface area contributed by atoms with Crippen LogP contribution in [-0.4, -0.2) is 22.8 Å². The summed E-state index contributed by atoms with van der Waals surface area (Å²) in [6, 6.07) is 4.58. The highest BCUT2D eigenvalue weighted by molar-refractivity contribution is 5.75. The van der Waals surface area contributed by atoms with Gasteiger partial charge in [0.05, 0.1) is 12.5 Å². The number of carbonyl (C=O) groups is 1. The van der Waals surface area contributed by atoms with Gasteiger partial charge in [0.15, 0.2) is 11.5 Å². The molecule has 1 atom stereocenters. The van der Waals surface area contributed by atoms with Crippen LogP contribution in [0.5, 0.6) is 11.5 Å². The molecular formula is C11H14O4. The number of ether oxygens (including phenoxy) is 1. The molecule has 0 aliphatic carbocycles. The van der Waals surface area contributed by atoms with Crippen molar-refractivity contribution in [3.63, 3.8) is 0 Å². The van der Waals surface area contributed by atoms with E-state index in [4.69, 9.17) is 9.84 Å². The minimum atomic E-state index is -0.900. The molecule has 1 rings (SSSR count). The molecule has 0 bridgehead atoms. The Bertz CT molecular complexity index is 360. The summed E-state index contributed by atoms with van der Waals surface area (Å²) in [6.07, 6.45) is 0. The van der Waals surface area contributed by atoms with E-state index in [0.717, 1.165) is 0 Å². The Morgan fingerprint density at radius 3 is 2.73 bits per heavy atom. The average Bonchev–Trinajstić information content (AvgIpc) is 2.20. The van der Waals surface area contributed by atoms with E-state index in [0.29, 0.717) is 17.9 Å². The van der Waals surface area contributed by atoms with Crippen molar-refractivity contribution in [1.82, 2.24) is 0 Å². The molecular weight excluding hydrogens is 196 g/mol. The molecule has 0 aliphatic heterocycles. The van der Waals surface area contributed by atoms with Gasteiger partial charge in [0.2, 0.25) is 0 Å². The van der Waals surface area contributed by atoms with Crippen LogP contribution >= 0.6 is 0 Å². The van der Waals surface area contributed by atoms with E-state index in [-0.39, 0.29) is 5.75 Å². The van der Waals surface area contributed by atoms with Crippen LogP contribution in [0.25, 0.3) is 0 Å². The van der Waals surface area contributed by atoms with Gasteiger partial charge in [-0.25, -0.2) is 0 Å². The molecule has 0 aromatic heterocycles. The lowest BCUT2D eigenvalue weighted by atomic mass is 10.0. The number of aromatic hydroxyl groups is 1. The van der Waals surface area contributed by atoms with Crippen molar-refractivity contribution < 1.29 is 19.7 Å². The van der Waals surface area contributed by atoms with Gasteiger partial charge < -0.3 is 14.9 Å². The van der Waals surface area contributed by atoms with Gasteiger partial charge in [-0.3, -0.25) is 4.79 Å². The predicted octanol–water partition coefficient (Wildman–Crippen LogP) is 1.98. The maximum atomic E-state index is 10.8. The second kappa shape index (κ2) is 4.68. The van der Waals surface area contributed by atoms with E-state index in [1.807, 2.05) is 0 Å². The fraction of sp³-hybridized carbons (Fsp3) is 0.364. The van der Waals surface area contributed by atoms with E-state index in [2.05, 4.69) is 0 Å². The summed E-state index contributed by atoms with van der Waals surface area (Å²) in [7, 11) is 0. The van der Waals surface area contributed by atoms with Gasteiger partial charge in [0.25, 0.3) is 0 Å². The van der Waals surface area contributed by atoms with Crippen LogP contribution < -0.4 is 4.74 Å². The third kappa shape index (κ3) is 2.62. The van der Waals surface area contributed by atoms with Gasteiger partial charge in [-0.1, -0.05) is 6.07 Å². The number of benzene rings is 1. The van der Waals surface area contributed by atoms with Crippen molar-refractivity contribution in [2.45, 2.75) is 19.8 Å². The predicted molar refractivity (Wildman–Crippen MR) is 55.3 cm³/mol. The Labute approximate surface area is 88.1 Å². The summed E-state index contributed by atoms with van der Waals surface area (Å²) in [5, 5.41) is 18.2. The maximum Gasteiger partial charge on any atom is 0.310 e. The number of phenols is 1. The second-order valence-electron chi connectivity index (χ2n) is 3.22.